The van der Waals surface area contributed by atoms with Crippen LogP contribution in [0.3, 0.4) is 0 Å². The summed E-state index contributed by atoms with van der Waals surface area (Å²) in [7, 11) is -2.78. The van der Waals surface area contributed by atoms with E-state index in [9.17, 15) is 17.6 Å². The number of aryl methyl sites for hydroxylation is 1. The second-order valence-electron chi connectivity index (χ2n) is 7.33. The van der Waals surface area contributed by atoms with Gasteiger partial charge < -0.3 is 10.1 Å². The first kappa shape index (κ1) is 21.2. The number of carbonyl (C=O) groups excluding carboxylic acids is 1. The fourth-order valence-electron chi connectivity index (χ4n) is 3.54. The number of alkyl halides is 1. The third kappa shape index (κ3) is 4.42. The van der Waals surface area contributed by atoms with Crippen molar-refractivity contribution < 1.29 is 26.7 Å². The summed E-state index contributed by atoms with van der Waals surface area (Å²) >= 11 is 0. The van der Waals surface area contributed by atoms with Crippen LogP contribution in [0.15, 0.2) is 47.4 Å². The van der Waals surface area contributed by atoms with E-state index in [0.29, 0.717) is 0 Å². The van der Waals surface area contributed by atoms with Gasteiger partial charge in [-0.25, -0.2) is 17.2 Å². The topological polar surface area (TPSA) is 72.5 Å². The lowest BCUT2D eigenvalue weighted by Gasteiger charge is -2.33. The minimum atomic E-state index is -4.15. The molecule has 29 heavy (non-hydrogen) atoms. The van der Waals surface area contributed by atoms with Crippen LogP contribution in [0.1, 0.15) is 41.6 Å². The molecule has 0 radical (unpaired) electrons. The molecule has 0 spiro atoms. The first-order chi connectivity index (χ1) is 13.6. The number of methoxy groups -OCH3 is 1. The molecule has 1 fully saturated rings. The van der Waals surface area contributed by atoms with Crippen LogP contribution in [0.5, 0.6) is 5.75 Å². The van der Waals surface area contributed by atoms with E-state index >= 15 is 4.39 Å². The van der Waals surface area contributed by atoms with Crippen molar-refractivity contribution in [3.8, 4) is 5.75 Å². The summed E-state index contributed by atoms with van der Waals surface area (Å²) in [5.74, 6) is -0.906. The number of sulfone groups is 1. The van der Waals surface area contributed by atoms with Crippen LogP contribution in [0, 0.1) is 12.7 Å². The van der Waals surface area contributed by atoms with Crippen molar-refractivity contribution in [3.63, 3.8) is 0 Å². The zero-order chi connectivity index (χ0) is 21.2. The smallest absolute Gasteiger partial charge is 0.251 e. The van der Waals surface area contributed by atoms with Gasteiger partial charge in [-0.05, 0) is 62.4 Å². The van der Waals surface area contributed by atoms with E-state index in [2.05, 4.69) is 5.32 Å². The first-order valence-corrected chi connectivity index (χ1v) is 10.8. The van der Waals surface area contributed by atoms with Crippen LogP contribution in [0.25, 0.3) is 0 Å². The number of carbonyl (C=O) groups is 1. The number of benzene rings is 2. The molecular formula is C21H23F2NO4S. The van der Waals surface area contributed by atoms with E-state index in [4.69, 9.17) is 4.74 Å². The molecule has 0 bridgehead atoms. The maximum atomic E-state index is 15.4. The lowest BCUT2D eigenvalue weighted by molar-refractivity contribution is 0.0905. The van der Waals surface area contributed by atoms with E-state index in [1.807, 2.05) is 0 Å². The highest BCUT2D eigenvalue weighted by molar-refractivity contribution is 7.92. The number of halogens is 2. The highest BCUT2D eigenvalue weighted by atomic mass is 32.2. The number of hydrogen-bond donors (Lipinski definition) is 1. The van der Waals surface area contributed by atoms with E-state index in [1.165, 1.54) is 25.3 Å². The van der Waals surface area contributed by atoms with Crippen molar-refractivity contribution >= 4 is 15.7 Å². The van der Waals surface area contributed by atoms with Crippen molar-refractivity contribution in [2.75, 3.05) is 7.11 Å². The highest BCUT2D eigenvalue weighted by Gasteiger charge is 2.47. The summed E-state index contributed by atoms with van der Waals surface area (Å²) in [4.78, 5) is 12.4. The zero-order valence-corrected chi connectivity index (χ0v) is 17.1. The third-order valence-corrected chi connectivity index (χ3v) is 7.46. The standard InChI is InChI=1S/C21H23F2NO4S/c1-14-4-3-5-19(10-14)29(26,27)21(23)8-6-17(7-9-21)24-20(25)15-11-16(22)13-18(12-15)28-2/h3-5,10-13,17H,6-9H2,1-2H3,(H,24,25)/t17-,21-. The Morgan fingerprint density at radius 1 is 1.17 bits per heavy atom. The van der Waals surface area contributed by atoms with Crippen molar-refractivity contribution in [2.45, 2.75) is 48.5 Å². The van der Waals surface area contributed by atoms with Crippen molar-refractivity contribution in [2.24, 2.45) is 0 Å². The Kier molecular flexibility index (Phi) is 5.93. The molecule has 2 aromatic rings. The van der Waals surface area contributed by atoms with Gasteiger partial charge in [-0.2, -0.15) is 0 Å². The summed E-state index contributed by atoms with van der Waals surface area (Å²) < 4.78 is 59.5. The number of amides is 1. The largest absolute Gasteiger partial charge is 0.497 e. The molecule has 0 heterocycles. The molecule has 1 amide bonds. The Morgan fingerprint density at radius 3 is 2.48 bits per heavy atom. The minimum absolute atomic E-state index is 0.0330. The van der Waals surface area contributed by atoms with E-state index in [1.54, 1.807) is 19.1 Å². The molecule has 0 aromatic heterocycles. The number of rotatable bonds is 5. The highest BCUT2D eigenvalue weighted by Crippen LogP contribution is 2.40. The van der Waals surface area contributed by atoms with Gasteiger partial charge in [-0.1, -0.05) is 12.1 Å². The van der Waals surface area contributed by atoms with Crippen LogP contribution in [-0.2, 0) is 9.84 Å². The van der Waals surface area contributed by atoms with Crippen LogP contribution in [0.2, 0.25) is 0 Å². The molecular weight excluding hydrogens is 400 g/mol. The van der Waals surface area contributed by atoms with Crippen LogP contribution in [-0.4, -0.2) is 32.5 Å². The molecule has 0 unspecified atom stereocenters. The molecule has 0 atom stereocenters. The summed E-state index contributed by atoms with van der Waals surface area (Å²) in [6.45, 7) is 1.75. The predicted octanol–water partition coefficient (Wildman–Crippen LogP) is 3.95. The monoisotopic (exact) mass is 423 g/mol. The second kappa shape index (κ2) is 8.10. The molecule has 156 valence electrons. The second-order valence-corrected chi connectivity index (χ2v) is 9.54. The average molecular weight is 423 g/mol. The van der Waals surface area contributed by atoms with Gasteiger partial charge in [0.2, 0.25) is 14.8 Å². The predicted molar refractivity (Wildman–Crippen MR) is 105 cm³/mol. The quantitative estimate of drug-likeness (QED) is 0.790. The summed E-state index contributed by atoms with van der Waals surface area (Å²) in [5.41, 5.74) is 0.826. The molecule has 1 saturated carbocycles. The molecule has 1 aliphatic rings. The van der Waals surface area contributed by atoms with Gasteiger partial charge in [0.15, 0.2) is 0 Å². The van der Waals surface area contributed by atoms with Gasteiger partial charge in [0, 0.05) is 17.7 Å². The fourth-order valence-corrected chi connectivity index (χ4v) is 5.33. The summed E-state index contributed by atoms with van der Waals surface area (Å²) in [6.07, 6.45) is -0.110. The van der Waals surface area contributed by atoms with Gasteiger partial charge >= 0.3 is 0 Å². The Labute approximate surface area is 169 Å². The van der Waals surface area contributed by atoms with E-state index in [-0.39, 0.29) is 41.9 Å². The minimum Gasteiger partial charge on any atom is -0.497 e. The normalized spacial score (nSPS) is 22.1. The maximum Gasteiger partial charge on any atom is 0.251 e. The van der Waals surface area contributed by atoms with Gasteiger partial charge in [0.1, 0.15) is 11.6 Å². The van der Waals surface area contributed by atoms with Crippen molar-refractivity contribution in [3.05, 3.63) is 59.4 Å². The van der Waals surface area contributed by atoms with Crippen molar-refractivity contribution in [1.82, 2.24) is 5.32 Å². The number of hydrogen-bond acceptors (Lipinski definition) is 4. The molecule has 3 rings (SSSR count). The average Bonchev–Trinajstić information content (AvgIpc) is 2.69. The van der Waals surface area contributed by atoms with Gasteiger partial charge in [-0.3, -0.25) is 4.79 Å². The van der Waals surface area contributed by atoms with Gasteiger partial charge in [-0.15, -0.1) is 0 Å². The Morgan fingerprint density at radius 2 is 1.86 bits per heavy atom. The molecule has 0 aliphatic heterocycles. The molecule has 2 aromatic carbocycles. The Balaban J connectivity index is 1.68. The molecule has 8 heteroatoms. The lowest BCUT2D eigenvalue weighted by atomic mass is 9.93. The van der Waals surface area contributed by atoms with Gasteiger partial charge in [0.25, 0.3) is 5.91 Å². The van der Waals surface area contributed by atoms with Crippen LogP contribution < -0.4 is 10.1 Å². The first-order valence-electron chi connectivity index (χ1n) is 9.30. The summed E-state index contributed by atoms with van der Waals surface area (Å²) in [5, 5.41) is 0.358. The summed E-state index contributed by atoms with van der Waals surface area (Å²) in [6, 6.07) is 9.45. The van der Waals surface area contributed by atoms with Crippen LogP contribution >= 0.6 is 0 Å². The number of ether oxygens (including phenoxy) is 1. The Bertz CT molecular complexity index is 1020. The molecule has 0 saturated heterocycles. The fraction of sp³-hybridized carbons (Fsp3) is 0.381. The van der Waals surface area contributed by atoms with Gasteiger partial charge in [0.05, 0.1) is 12.0 Å². The molecule has 5 nitrogen and oxygen atoms in total. The molecule has 1 N–H and O–H groups in total. The van der Waals surface area contributed by atoms with E-state index < -0.39 is 32.6 Å². The zero-order valence-electron chi connectivity index (χ0n) is 16.2. The molecule has 1 aliphatic carbocycles. The lowest BCUT2D eigenvalue weighted by Crippen LogP contribution is -2.45. The maximum absolute atomic E-state index is 15.4. The van der Waals surface area contributed by atoms with Crippen molar-refractivity contribution in [1.29, 1.82) is 0 Å². The SMILES string of the molecule is COc1cc(F)cc(C(=O)N[C@H]2CC[C@](F)(S(=O)(=O)c3cccc(C)c3)CC2)c1. The number of nitrogens with one attached hydrogen (secondary N) is 1. The van der Waals surface area contributed by atoms with E-state index in [0.717, 1.165) is 17.7 Å². The third-order valence-electron chi connectivity index (χ3n) is 5.22. The van der Waals surface area contributed by atoms with Crippen LogP contribution in [0.4, 0.5) is 8.78 Å². The Hall–Kier alpha value is -2.48.